The number of aryl methyl sites for hydroxylation is 2. The molecule has 0 amide bonds. The zero-order chi connectivity index (χ0) is 14.8. The first kappa shape index (κ1) is 13.0. The largest absolute Gasteiger partial charge is 0.353 e. The lowest BCUT2D eigenvalue weighted by Crippen LogP contribution is -1.94. The SMILES string of the molecule is Brc1cc2cc3[nH]c2cc1CCc1cc2[nH]c-3cc2cc1Br. The van der Waals surface area contributed by atoms with Gasteiger partial charge in [0.1, 0.15) is 0 Å². The van der Waals surface area contributed by atoms with Gasteiger partial charge in [0.2, 0.25) is 0 Å². The van der Waals surface area contributed by atoms with Crippen molar-refractivity contribution >= 4 is 53.7 Å². The second-order valence-corrected chi connectivity index (χ2v) is 7.64. The minimum atomic E-state index is 1.02. The van der Waals surface area contributed by atoms with E-state index >= 15 is 0 Å². The fourth-order valence-corrected chi connectivity index (χ4v) is 4.46. The van der Waals surface area contributed by atoms with Gasteiger partial charge in [0.15, 0.2) is 0 Å². The van der Waals surface area contributed by atoms with Crippen LogP contribution in [0.4, 0.5) is 0 Å². The lowest BCUT2D eigenvalue weighted by molar-refractivity contribution is 0.952. The molecule has 0 saturated heterocycles. The maximum Gasteiger partial charge on any atom is 0.0630 e. The molecule has 3 heterocycles. The molecule has 6 bridgehead atoms. The number of halogens is 2. The summed E-state index contributed by atoms with van der Waals surface area (Å²) < 4.78 is 2.38. The number of aromatic amines is 2. The highest BCUT2D eigenvalue weighted by Crippen LogP contribution is 2.34. The molecule has 0 fully saturated rings. The predicted octanol–water partition coefficient (Wildman–Crippen LogP) is 5.94. The van der Waals surface area contributed by atoms with Crippen molar-refractivity contribution in [3.63, 3.8) is 0 Å². The normalized spacial score (nSPS) is 13.5. The summed E-state index contributed by atoms with van der Waals surface area (Å²) >= 11 is 7.45. The summed E-state index contributed by atoms with van der Waals surface area (Å²) in [5.41, 5.74) is 7.35. The van der Waals surface area contributed by atoms with E-state index in [4.69, 9.17) is 0 Å². The van der Waals surface area contributed by atoms with Gasteiger partial charge in [-0.1, -0.05) is 31.9 Å². The molecule has 0 atom stereocenters. The first-order valence-electron chi connectivity index (χ1n) is 7.30. The van der Waals surface area contributed by atoms with Crippen molar-refractivity contribution in [3.8, 4) is 11.4 Å². The van der Waals surface area contributed by atoms with Crippen LogP contribution >= 0.6 is 31.9 Å². The van der Waals surface area contributed by atoms with E-state index in [1.54, 1.807) is 0 Å². The van der Waals surface area contributed by atoms with Crippen molar-refractivity contribution in [1.82, 2.24) is 9.97 Å². The van der Waals surface area contributed by atoms with Crippen LogP contribution in [0.5, 0.6) is 0 Å². The Kier molecular flexibility index (Phi) is 2.65. The molecule has 1 aliphatic rings. The smallest absolute Gasteiger partial charge is 0.0630 e. The molecule has 4 aromatic rings. The van der Waals surface area contributed by atoms with Gasteiger partial charge >= 0.3 is 0 Å². The van der Waals surface area contributed by atoms with E-state index in [0.717, 1.165) is 24.2 Å². The average molecular weight is 416 g/mol. The van der Waals surface area contributed by atoms with E-state index in [-0.39, 0.29) is 0 Å². The number of fused-ring (bicyclic) bond motifs is 5. The van der Waals surface area contributed by atoms with E-state index in [2.05, 4.69) is 78.2 Å². The van der Waals surface area contributed by atoms with E-state index in [1.165, 1.54) is 41.9 Å². The molecule has 2 N–H and O–H groups in total. The molecule has 22 heavy (non-hydrogen) atoms. The fraction of sp³-hybridized carbons (Fsp3) is 0.111. The van der Waals surface area contributed by atoms with Crippen molar-refractivity contribution in [2.24, 2.45) is 0 Å². The van der Waals surface area contributed by atoms with Gasteiger partial charge in [-0.25, -0.2) is 0 Å². The van der Waals surface area contributed by atoms with Gasteiger partial charge in [0, 0.05) is 30.8 Å². The lowest BCUT2D eigenvalue weighted by Gasteiger charge is -2.08. The van der Waals surface area contributed by atoms with Crippen LogP contribution in [-0.2, 0) is 12.8 Å². The topological polar surface area (TPSA) is 31.6 Å². The fourth-order valence-electron chi connectivity index (χ4n) is 3.34. The van der Waals surface area contributed by atoms with Crippen molar-refractivity contribution < 1.29 is 0 Å². The van der Waals surface area contributed by atoms with Crippen molar-refractivity contribution in [1.29, 1.82) is 0 Å². The van der Waals surface area contributed by atoms with Gasteiger partial charge in [0.05, 0.1) is 11.4 Å². The Hall–Kier alpha value is -1.52. The molecule has 108 valence electrons. The Labute approximate surface area is 144 Å². The van der Waals surface area contributed by atoms with E-state index in [0.29, 0.717) is 0 Å². The molecule has 0 radical (unpaired) electrons. The van der Waals surface area contributed by atoms with Gasteiger partial charge in [-0.15, -0.1) is 0 Å². The molecule has 0 unspecified atom stereocenters. The van der Waals surface area contributed by atoms with Crippen LogP contribution in [0, 0.1) is 0 Å². The van der Waals surface area contributed by atoms with Crippen LogP contribution in [0.3, 0.4) is 0 Å². The summed E-state index contributed by atoms with van der Waals surface area (Å²) in [5.74, 6) is 0. The molecule has 0 aliphatic carbocycles. The molecule has 0 saturated carbocycles. The Bertz CT molecular complexity index is 970. The Morgan fingerprint density at radius 2 is 1.09 bits per heavy atom. The van der Waals surface area contributed by atoms with Gasteiger partial charge in [0.25, 0.3) is 0 Å². The van der Waals surface area contributed by atoms with Crippen molar-refractivity contribution in [2.45, 2.75) is 12.8 Å². The zero-order valence-electron chi connectivity index (χ0n) is 11.6. The summed E-state index contributed by atoms with van der Waals surface area (Å²) in [6.07, 6.45) is 2.03. The average Bonchev–Trinajstić information content (AvgIpc) is 3.06. The number of hydrogen-bond acceptors (Lipinski definition) is 0. The van der Waals surface area contributed by atoms with Crippen molar-refractivity contribution in [2.75, 3.05) is 0 Å². The number of hydrogen-bond donors (Lipinski definition) is 2. The Morgan fingerprint density at radius 3 is 1.55 bits per heavy atom. The number of aromatic nitrogens is 2. The standard InChI is InChI=1S/C18H12Br2N2/c19-13-3-11-7-17-18-8-12-4-14(20)10(6-16(12)22-18)2-1-9(13)5-15(11)21-17/h3-8,21-22H,1-2H2. The maximum absolute atomic E-state index is 3.72. The van der Waals surface area contributed by atoms with E-state index in [1.807, 2.05) is 0 Å². The maximum atomic E-state index is 3.72. The van der Waals surface area contributed by atoms with Gasteiger partial charge in [-0.2, -0.15) is 0 Å². The van der Waals surface area contributed by atoms with Crippen molar-refractivity contribution in [3.05, 3.63) is 56.5 Å². The zero-order valence-corrected chi connectivity index (χ0v) is 14.8. The van der Waals surface area contributed by atoms with Gasteiger partial charge in [-0.3, -0.25) is 0 Å². The highest BCUT2D eigenvalue weighted by Gasteiger charge is 2.13. The minimum absolute atomic E-state index is 1.02. The second-order valence-electron chi connectivity index (χ2n) is 5.93. The Balaban J connectivity index is 1.90. The van der Waals surface area contributed by atoms with Crippen LogP contribution in [0.1, 0.15) is 11.1 Å². The molecule has 2 aromatic carbocycles. The lowest BCUT2D eigenvalue weighted by atomic mass is 10.0. The summed E-state index contributed by atoms with van der Waals surface area (Å²) in [6, 6.07) is 13.4. The molecule has 4 heteroatoms. The number of nitrogens with one attached hydrogen (secondary N) is 2. The van der Waals surface area contributed by atoms with E-state index in [9.17, 15) is 0 Å². The summed E-state index contributed by atoms with van der Waals surface area (Å²) in [4.78, 5) is 7.09. The molecular formula is C18H12Br2N2. The minimum Gasteiger partial charge on any atom is -0.353 e. The number of H-pyrrole nitrogens is 2. The highest BCUT2D eigenvalue weighted by atomic mass is 79.9. The monoisotopic (exact) mass is 414 g/mol. The molecule has 5 rings (SSSR count). The van der Waals surface area contributed by atoms with E-state index < -0.39 is 0 Å². The van der Waals surface area contributed by atoms with Crippen LogP contribution in [0.2, 0.25) is 0 Å². The first-order chi connectivity index (χ1) is 10.7. The van der Waals surface area contributed by atoms with Crippen LogP contribution in [-0.4, -0.2) is 9.97 Å². The highest BCUT2D eigenvalue weighted by molar-refractivity contribution is 9.10. The van der Waals surface area contributed by atoms with Crippen LogP contribution < -0.4 is 0 Å². The van der Waals surface area contributed by atoms with Gasteiger partial charge < -0.3 is 9.97 Å². The third-order valence-corrected chi connectivity index (χ3v) is 6.01. The predicted molar refractivity (Wildman–Crippen MR) is 98.4 cm³/mol. The number of benzene rings is 2. The quantitative estimate of drug-likeness (QED) is 0.356. The van der Waals surface area contributed by atoms with Crippen LogP contribution in [0.25, 0.3) is 33.2 Å². The summed E-state index contributed by atoms with van der Waals surface area (Å²) in [6.45, 7) is 0. The first-order valence-corrected chi connectivity index (χ1v) is 8.89. The van der Waals surface area contributed by atoms with Crippen LogP contribution in [0.15, 0.2) is 45.3 Å². The molecule has 0 spiro atoms. The Morgan fingerprint density at radius 1 is 0.636 bits per heavy atom. The molecule has 2 nitrogen and oxygen atoms in total. The molecule has 1 aliphatic heterocycles. The number of rotatable bonds is 0. The summed E-state index contributed by atoms with van der Waals surface area (Å²) in [5, 5.41) is 2.48. The third kappa shape index (κ3) is 1.83. The molecule has 2 aromatic heterocycles. The third-order valence-electron chi connectivity index (χ3n) is 4.53. The van der Waals surface area contributed by atoms with Gasteiger partial charge in [-0.05, 0) is 60.4 Å². The molecular weight excluding hydrogens is 404 g/mol. The second kappa shape index (κ2) is 4.49. The summed E-state index contributed by atoms with van der Waals surface area (Å²) in [7, 11) is 0.